The number of aromatic nitrogens is 1. The molecule has 0 unspecified atom stereocenters. The molecule has 1 aromatic heterocycles. The maximum atomic E-state index is 4.80. The molecule has 0 saturated heterocycles. The first-order valence-electron chi connectivity index (χ1n) is 9.24. The fraction of sp³-hybridized carbons (Fsp3) is 0.0385. The summed E-state index contributed by atoms with van der Waals surface area (Å²) in [6, 6.07) is 32.3. The lowest BCUT2D eigenvalue weighted by Gasteiger charge is -2.14. The predicted octanol–water partition coefficient (Wildman–Crippen LogP) is 7.03. The summed E-state index contributed by atoms with van der Waals surface area (Å²) in [7, 11) is 0. The number of rotatable bonds is 2. The summed E-state index contributed by atoms with van der Waals surface area (Å²) in [6.07, 6.45) is 1.89. The highest BCUT2D eigenvalue weighted by Crippen LogP contribution is 2.37. The summed E-state index contributed by atoms with van der Waals surface area (Å²) in [6.45, 7) is 2.16. The van der Waals surface area contributed by atoms with Gasteiger partial charge in [-0.1, -0.05) is 72.8 Å². The highest BCUT2D eigenvalue weighted by Gasteiger charge is 2.13. The van der Waals surface area contributed by atoms with Crippen LogP contribution >= 0.6 is 0 Å². The highest BCUT2D eigenvalue weighted by molar-refractivity contribution is 6.06. The minimum atomic E-state index is 1.03. The standard InChI is InChI=1S/C26H19N/c1-18-8-2-5-12-22(18)23-14-7-15-27-26(23)24-13-6-11-21-16-19-9-3-4-10-20(19)17-25(21)24/h2-17H,1H3. The zero-order valence-electron chi connectivity index (χ0n) is 15.2. The molecule has 0 fully saturated rings. The second-order valence-corrected chi connectivity index (χ2v) is 6.94. The summed E-state index contributed by atoms with van der Waals surface area (Å²) < 4.78 is 0. The monoisotopic (exact) mass is 345 g/mol. The van der Waals surface area contributed by atoms with Crippen molar-refractivity contribution in [3.8, 4) is 22.4 Å². The Balaban J connectivity index is 1.83. The number of benzene rings is 4. The van der Waals surface area contributed by atoms with Gasteiger partial charge in [-0.3, -0.25) is 4.98 Å². The minimum Gasteiger partial charge on any atom is -0.256 e. The number of aryl methyl sites for hydroxylation is 1. The van der Waals surface area contributed by atoms with Crippen LogP contribution in [0.2, 0.25) is 0 Å². The van der Waals surface area contributed by atoms with Gasteiger partial charge in [0.25, 0.3) is 0 Å². The second-order valence-electron chi connectivity index (χ2n) is 6.94. The van der Waals surface area contributed by atoms with Crippen LogP contribution in [0.5, 0.6) is 0 Å². The molecule has 5 aromatic rings. The molecule has 5 rings (SSSR count). The smallest absolute Gasteiger partial charge is 0.0786 e. The van der Waals surface area contributed by atoms with Gasteiger partial charge in [0, 0.05) is 17.3 Å². The van der Waals surface area contributed by atoms with Crippen molar-refractivity contribution < 1.29 is 0 Å². The Morgan fingerprint density at radius 1 is 0.556 bits per heavy atom. The lowest BCUT2D eigenvalue weighted by molar-refractivity contribution is 1.32. The summed E-state index contributed by atoms with van der Waals surface area (Å²) in [5.41, 5.74) is 5.89. The molecular weight excluding hydrogens is 326 g/mol. The number of nitrogens with zero attached hydrogens (tertiary/aromatic N) is 1. The van der Waals surface area contributed by atoms with E-state index >= 15 is 0 Å². The molecule has 0 aliphatic heterocycles. The van der Waals surface area contributed by atoms with Gasteiger partial charge in [-0.05, 0) is 57.8 Å². The van der Waals surface area contributed by atoms with Crippen molar-refractivity contribution in [3.63, 3.8) is 0 Å². The van der Waals surface area contributed by atoms with Gasteiger partial charge in [0.05, 0.1) is 5.69 Å². The molecule has 0 aliphatic rings. The van der Waals surface area contributed by atoms with Gasteiger partial charge in [-0.25, -0.2) is 0 Å². The van der Waals surface area contributed by atoms with E-state index in [1.165, 1.54) is 43.8 Å². The van der Waals surface area contributed by atoms with Crippen LogP contribution in [-0.2, 0) is 0 Å². The van der Waals surface area contributed by atoms with E-state index in [0.717, 1.165) is 5.69 Å². The maximum absolute atomic E-state index is 4.80. The van der Waals surface area contributed by atoms with Crippen LogP contribution in [0, 0.1) is 6.92 Å². The Morgan fingerprint density at radius 2 is 1.22 bits per heavy atom. The van der Waals surface area contributed by atoms with Crippen molar-refractivity contribution in [2.45, 2.75) is 6.92 Å². The van der Waals surface area contributed by atoms with Crippen LogP contribution in [0.15, 0.2) is 97.2 Å². The molecule has 0 saturated carbocycles. The lowest BCUT2D eigenvalue weighted by atomic mass is 9.92. The Kier molecular flexibility index (Phi) is 3.72. The van der Waals surface area contributed by atoms with E-state index in [2.05, 4.69) is 91.9 Å². The zero-order chi connectivity index (χ0) is 18.2. The zero-order valence-corrected chi connectivity index (χ0v) is 15.2. The van der Waals surface area contributed by atoms with E-state index in [4.69, 9.17) is 4.98 Å². The summed E-state index contributed by atoms with van der Waals surface area (Å²) in [5, 5.41) is 5.01. The summed E-state index contributed by atoms with van der Waals surface area (Å²) in [5.74, 6) is 0. The van der Waals surface area contributed by atoms with Crippen LogP contribution in [0.4, 0.5) is 0 Å². The lowest BCUT2D eigenvalue weighted by Crippen LogP contribution is -1.92. The number of hydrogen-bond donors (Lipinski definition) is 0. The van der Waals surface area contributed by atoms with Gasteiger partial charge in [0.1, 0.15) is 0 Å². The van der Waals surface area contributed by atoms with Crippen LogP contribution in [0.1, 0.15) is 5.56 Å². The average Bonchev–Trinajstić information content (AvgIpc) is 2.72. The Labute approximate surface area is 158 Å². The molecule has 0 aliphatic carbocycles. The molecule has 128 valence electrons. The minimum absolute atomic E-state index is 1.03. The average molecular weight is 345 g/mol. The van der Waals surface area contributed by atoms with Gasteiger partial charge in [-0.2, -0.15) is 0 Å². The van der Waals surface area contributed by atoms with Gasteiger partial charge in [0.15, 0.2) is 0 Å². The predicted molar refractivity (Wildman–Crippen MR) is 115 cm³/mol. The van der Waals surface area contributed by atoms with Crippen LogP contribution in [-0.4, -0.2) is 4.98 Å². The van der Waals surface area contributed by atoms with Crippen molar-refractivity contribution in [1.82, 2.24) is 4.98 Å². The van der Waals surface area contributed by atoms with E-state index in [1.54, 1.807) is 0 Å². The summed E-state index contributed by atoms with van der Waals surface area (Å²) >= 11 is 0. The molecule has 0 amide bonds. The fourth-order valence-corrected chi connectivity index (χ4v) is 3.89. The van der Waals surface area contributed by atoms with Crippen LogP contribution in [0.3, 0.4) is 0 Å². The first-order chi connectivity index (χ1) is 13.3. The molecular formula is C26H19N. The van der Waals surface area contributed by atoms with Crippen molar-refractivity contribution in [3.05, 3.63) is 103 Å². The fourth-order valence-electron chi connectivity index (χ4n) is 3.89. The Hall–Kier alpha value is -3.45. The largest absolute Gasteiger partial charge is 0.256 e. The van der Waals surface area contributed by atoms with Crippen molar-refractivity contribution >= 4 is 21.5 Å². The van der Waals surface area contributed by atoms with E-state index < -0.39 is 0 Å². The van der Waals surface area contributed by atoms with E-state index in [0.29, 0.717) is 0 Å². The molecule has 1 nitrogen and oxygen atoms in total. The number of hydrogen-bond acceptors (Lipinski definition) is 1. The Morgan fingerprint density at radius 3 is 2.07 bits per heavy atom. The van der Waals surface area contributed by atoms with Crippen LogP contribution < -0.4 is 0 Å². The third-order valence-electron chi connectivity index (χ3n) is 5.24. The van der Waals surface area contributed by atoms with Crippen molar-refractivity contribution in [2.75, 3.05) is 0 Å². The molecule has 0 radical (unpaired) electrons. The maximum Gasteiger partial charge on any atom is 0.0786 e. The molecule has 27 heavy (non-hydrogen) atoms. The quantitative estimate of drug-likeness (QED) is 0.313. The van der Waals surface area contributed by atoms with Gasteiger partial charge in [-0.15, -0.1) is 0 Å². The van der Waals surface area contributed by atoms with Gasteiger partial charge < -0.3 is 0 Å². The van der Waals surface area contributed by atoms with E-state index in [9.17, 15) is 0 Å². The number of pyridine rings is 1. The Bertz CT molecular complexity index is 1280. The second kappa shape index (κ2) is 6.37. The molecule has 0 atom stereocenters. The SMILES string of the molecule is Cc1ccccc1-c1cccnc1-c1cccc2cc3ccccc3cc12. The van der Waals surface area contributed by atoms with Crippen molar-refractivity contribution in [1.29, 1.82) is 0 Å². The molecule has 1 heterocycles. The van der Waals surface area contributed by atoms with E-state index in [-0.39, 0.29) is 0 Å². The third kappa shape index (κ3) is 2.69. The molecule has 0 spiro atoms. The molecule has 0 bridgehead atoms. The summed E-state index contributed by atoms with van der Waals surface area (Å²) in [4.78, 5) is 4.80. The normalized spacial score (nSPS) is 11.1. The first kappa shape index (κ1) is 15.8. The van der Waals surface area contributed by atoms with Gasteiger partial charge in [0.2, 0.25) is 0 Å². The topological polar surface area (TPSA) is 12.9 Å². The highest BCUT2D eigenvalue weighted by atomic mass is 14.7. The van der Waals surface area contributed by atoms with Crippen molar-refractivity contribution in [2.24, 2.45) is 0 Å². The number of fused-ring (bicyclic) bond motifs is 2. The molecule has 0 N–H and O–H groups in total. The van der Waals surface area contributed by atoms with Crippen LogP contribution in [0.25, 0.3) is 43.9 Å². The molecule has 1 heteroatoms. The molecule has 4 aromatic carbocycles. The third-order valence-corrected chi connectivity index (χ3v) is 5.24. The van der Waals surface area contributed by atoms with E-state index in [1.807, 2.05) is 12.3 Å². The first-order valence-corrected chi connectivity index (χ1v) is 9.24. The van der Waals surface area contributed by atoms with Gasteiger partial charge >= 0.3 is 0 Å².